The van der Waals surface area contributed by atoms with Crippen molar-refractivity contribution in [3.8, 4) is 5.75 Å². The number of likely N-dealkylation sites (tertiary alicyclic amines) is 1. The zero-order chi connectivity index (χ0) is 17.0. The van der Waals surface area contributed by atoms with Gasteiger partial charge in [0.25, 0.3) is 0 Å². The second-order valence-electron chi connectivity index (χ2n) is 8.91. The molecule has 1 saturated carbocycles. The zero-order valence-electron chi connectivity index (χ0n) is 14.9. The Kier molecular flexibility index (Phi) is 4.22. The van der Waals surface area contributed by atoms with E-state index in [2.05, 4.69) is 15.9 Å². The van der Waals surface area contributed by atoms with E-state index in [9.17, 15) is 5.11 Å². The highest BCUT2D eigenvalue weighted by Crippen LogP contribution is 2.46. The van der Waals surface area contributed by atoms with Crippen molar-refractivity contribution < 1.29 is 5.11 Å². The lowest BCUT2D eigenvalue weighted by molar-refractivity contribution is -0.0628. The van der Waals surface area contributed by atoms with Crippen LogP contribution >= 0.6 is 11.6 Å². The Morgan fingerprint density at radius 1 is 1.00 bits per heavy atom. The number of fused-ring (bicyclic) bond motifs is 4. The van der Waals surface area contributed by atoms with E-state index in [1.165, 1.54) is 58.2 Å². The number of nitrogens with zero attached hydrogens (tertiary/aromatic N) is 2. The molecule has 4 atom stereocenters. The predicted octanol–water partition coefficient (Wildman–Crippen LogP) is 4.13. The van der Waals surface area contributed by atoms with Crippen molar-refractivity contribution in [3.63, 3.8) is 0 Å². The maximum Gasteiger partial charge on any atom is 0.134 e. The molecule has 5 rings (SSSR count). The van der Waals surface area contributed by atoms with Crippen LogP contribution in [0.5, 0.6) is 5.75 Å². The van der Waals surface area contributed by atoms with E-state index in [0.29, 0.717) is 5.02 Å². The van der Waals surface area contributed by atoms with Gasteiger partial charge in [-0.2, -0.15) is 0 Å². The summed E-state index contributed by atoms with van der Waals surface area (Å²) in [5.74, 6) is 2.86. The average molecular weight is 361 g/mol. The highest BCUT2D eigenvalue weighted by Gasteiger charge is 2.47. The first-order valence-electron chi connectivity index (χ1n) is 10.1. The first kappa shape index (κ1) is 16.4. The molecular weight excluding hydrogens is 332 g/mol. The Balaban J connectivity index is 1.31. The van der Waals surface area contributed by atoms with Crippen molar-refractivity contribution in [2.45, 2.75) is 57.2 Å². The van der Waals surface area contributed by atoms with E-state index in [-0.39, 0.29) is 5.75 Å². The van der Waals surface area contributed by atoms with Crippen molar-refractivity contribution in [2.24, 2.45) is 17.8 Å². The third-order valence-corrected chi connectivity index (χ3v) is 7.56. The molecule has 3 nitrogen and oxygen atoms in total. The van der Waals surface area contributed by atoms with Crippen molar-refractivity contribution in [2.75, 3.05) is 19.6 Å². The minimum Gasteiger partial charge on any atom is -0.506 e. The normalized spacial score (nSPS) is 36.2. The smallest absolute Gasteiger partial charge is 0.134 e. The molecule has 1 aliphatic carbocycles. The molecule has 2 bridgehead atoms. The largest absolute Gasteiger partial charge is 0.506 e. The van der Waals surface area contributed by atoms with Crippen LogP contribution in [0.3, 0.4) is 0 Å². The number of piperidine rings is 3. The lowest BCUT2D eigenvalue weighted by Gasteiger charge is -2.55. The first-order chi connectivity index (χ1) is 12.2. The van der Waals surface area contributed by atoms with Gasteiger partial charge in [-0.25, -0.2) is 0 Å². The molecule has 25 heavy (non-hydrogen) atoms. The van der Waals surface area contributed by atoms with E-state index in [1.54, 1.807) is 6.07 Å². The summed E-state index contributed by atoms with van der Waals surface area (Å²) in [6.45, 7) is 4.57. The monoisotopic (exact) mass is 360 g/mol. The van der Waals surface area contributed by atoms with Crippen molar-refractivity contribution >= 4 is 11.6 Å². The van der Waals surface area contributed by atoms with Gasteiger partial charge in [-0.05, 0) is 61.5 Å². The molecule has 0 radical (unpaired) electrons. The third-order valence-electron chi connectivity index (χ3n) is 7.13. The number of phenols is 1. The summed E-state index contributed by atoms with van der Waals surface area (Å²) in [5, 5.41) is 10.4. The molecule has 3 heterocycles. The summed E-state index contributed by atoms with van der Waals surface area (Å²) in [6.07, 6.45) is 8.66. The van der Waals surface area contributed by atoms with Gasteiger partial charge in [0, 0.05) is 38.3 Å². The van der Waals surface area contributed by atoms with Gasteiger partial charge in [-0.1, -0.05) is 30.2 Å². The molecule has 0 aromatic heterocycles. The predicted molar refractivity (Wildman–Crippen MR) is 101 cm³/mol. The molecular formula is C21H29ClN2O. The molecule has 1 aromatic carbocycles. The quantitative estimate of drug-likeness (QED) is 0.877. The fourth-order valence-electron chi connectivity index (χ4n) is 5.99. The molecule has 4 aliphatic rings. The summed E-state index contributed by atoms with van der Waals surface area (Å²) in [5.41, 5.74) is 1.07. The number of hydrogen-bond donors (Lipinski definition) is 1. The summed E-state index contributed by atoms with van der Waals surface area (Å²) >= 11 is 6.32. The van der Waals surface area contributed by atoms with Gasteiger partial charge < -0.3 is 5.11 Å². The van der Waals surface area contributed by atoms with Crippen molar-refractivity contribution in [1.29, 1.82) is 0 Å². The van der Waals surface area contributed by atoms with Crippen LogP contribution in [0.25, 0.3) is 0 Å². The van der Waals surface area contributed by atoms with E-state index >= 15 is 0 Å². The van der Waals surface area contributed by atoms with Gasteiger partial charge in [0.15, 0.2) is 0 Å². The standard InChI is InChI=1S/C21H29ClN2O/c22-21-16(3-1-6-20(21)25)12-23-10-14-9-17(13-23)19-5-2-4-18(15-7-8-15)24(19)11-14/h1,3,6,14-15,17-19,25H,2,4-5,7-13H2/t14-,17+,18+,19-/m0/s1. The average Bonchev–Trinajstić information content (AvgIpc) is 3.43. The van der Waals surface area contributed by atoms with Crippen LogP contribution in [0, 0.1) is 17.8 Å². The van der Waals surface area contributed by atoms with Crippen LogP contribution in [0.4, 0.5) is 0 Å². The highest BCUT2D eigenvalue weighted by atomic mass is 35.5. The SMILES string of the molecule is Oc1cccc(CN2C[C@@H]3C[C@H](C2)[C@@H]2CCC[C@H](C4CC4)N2C3)c1Cl. The number of aromatic hydroxyl groups is 1. The first-order valence-corrected chi connectivity index (χ1v) is 10.5. The van der Waals surface area contributed by atoms with E-state index in [0.717, 1.165) is 41.9 Å². The summed E-state index contributed by atoms with van der Waals surface area (Å²) in [6, 6.07) is 7.36. The van der Waals surface area contributed by atoms with Gasteiger partial charge in [-0.15, -0.1) is 0 Å². The molecule has 1 N–H and O–H groups in total. The van der Waals surface area contributed by atoms with Gasteiger partial charge in [-0.3, -0.25) is 9.80 Å². The molecule has 3 aliphatic heterocycles. The Bertz CT molecular complexity index is 647. The molecule has 0 spiro atoms. The number of hydrogen-bond acceptors (Lipinski definition) is 3. The highest BCUT2D eigenvalue weighted by molar-refractivity contribution is 6.32. The van der Waals surface area contributed by atoms with Crippen molar-refractivity contribution in [1.82, 2.24) is 9.80 Å². The summed E-state index contributed by atoms with van der Waals surface area (Å²) in [4.78, 5) is 5.54. The van der Waals surface area contributed by atoms with Crippen LogP contribution in [-0.2, 0) is 6.54 Å². The van der Waals surface area contributed by atoms with Crippen LogP contribution < -0.4 is 0 Å². The van der Waals surface area contributed by atoms with Gasteiger partial charge in [0.05, 0.1) is 5.02 Å². The van der Waals surface area contributed by atoms with E-state index in [1.807, 2.05) is 6.07 Å². The Labute approximate surface area is 155 Å². The lowest BCUT2D eigenvalue weighted by Crippen LogP contribution is -2.61. The zero-order valence-corrected chi connectivity index (χ0v) is 15.7. The van der Waals surface area contributed by atoms with Crippen LogP contribution in [0.1, 0.15) is 44.1 Å². The molecule has 0 unspecified atom stereocenters. The summed E-state index contributed by atoms with van der Waals surface area (Å²) in [7, 11) is 0. The van der Waals surface area contributed by atoms with Gasteiger partial charge in [0.1, 0.15) is 5.75 Å². The molecule has 0 amide bonds. The Hall–Kier alpha value is -0.770. The molecule has 4 heteroatoms. The maximum atomic E-state index is 9.88. The fourth-order valence-corrected chi connectivity index (χ4v) is 6.18. The fraction of sp³-hybridized carbons (Fsp3) is 0.714. The van der Waals surface area contributed by atoms with Gasteiger partial charge in [0.2, 0.25) is 0 Å². The van der Waals surface area contributed by atoms with Crippen LogP contribution in [-0.4, -0.2) is 46.6 Å². The topological polar surface area (TPSA) is 26.7 Å². The second kappa shape index (κ2) is 6.44. The van der Waals surface area contributed by atoms with Crippen LogP contribution in [0.2, 0.25) is 5.02 Å². The molecule has 136 valence electrons. The lowest BCUT2D eigenvalue weighted by atomic mass is 9.74. The number of phenolic OH excluding ortho intramolecular Hbond substituents is 1. The summed E-state index contributed by atoms with van der Waals surface area (Å²) < 4.78 is 0. The number of benzene rings is 1. The Morgan fingerprint density at radius 3 is 2.60 bits per heavy atom. The Morgan fingerprint density at radius 2 is 1.80 bits per heavy atom. The number of halogens is 1. The minimum atomic E-state index is 0.210. The van der Waals surface area contributed by atoms with E-state index < -0.39 is 0 Å². The van der Waals surface area contributed by atoms with E-state index in [4.69, 9.17) is 11.6 Å². The maximum absolute atomic E-state index is 9.88. The minimum absolute atomic E-state index is 0.210. The third kappa shape index (κ3) is 3.09. The second-order valence-corrected chi connectivity index (χ2v) is 9.28. The molecule has 1 aromatic rings. The molecule has 3 saturated heterocycles. The van der Waals surface area contributed by atoms with Gasteiger partial charge >= 0.3 is 0 Å². The number of rotatable bonds is 3. The van der Waals surface area contributed by atoms with Crippen LogP contribution in [0.15, 0.2) is 18.2 Å². The van der Waals surface area contributed by atoms with Crippen molar-refractivity contribution in [3.05, 3.63) is 28.8 Å². The molecule has 4 fully saturated rings.